The fourth-order valence-electron chi connectivity index (χ4n) is 2.25. The van der Waals surface area contributed by atoms with E-state index >= 15 is 0 Å². The van der Waals surface area contributed by atoms with Crippen LogP contribution in [0.1, 0.15) is 38.8 Å². The molecule has 1 aromatic heterocycles. The number of amides is 1. The van der Waals surface area contributed by atoms with Crippen LogP contribution in [0.25, 0.3) is 6.08 Å². The van der Waals surface area contributed by atoms with Crippen LogP contribution in [0, 0.1) is 5.92 Å². The molecular weight excluding hydrogens is 238 g/mol. The van der Waals surface area contributed by atoms with Crippen LogP contribution in [0.15, 0.2) is 18.1 Å². The highest BCUT2D eigenvalue weighted by atomic mass is 16.2. The lowest BCUT2D eigenvalue weighted by Gasteiger charge is -2.24. The van der Waals surface area contributed by atoms with Crippen molar-refractivity contribution in [2.24, 2.45) is 5.92 Å². The topological polar surface area (TPSA) is 38.1 Å². The molecule has 104 valence electrons. The van der Waals surface area contributed by atoms with Crippen molar-refractivity contribution in [3.63, 3.8) is 0 Å². The third-order valence-electron chi connectivity index (χ3n) is 3.50. The third-order valence-corrected chi connectivity index (χ3v) is 3.50. The fraction of sp³-hybridized carbons (Fsp3) is 0.600. The number of aryl methyl sites for hydroxylation is 1. The molecule has 2 rings (SSSR count). The average Bonchev–Trinajstić information content (AvgIpc) is 2.80. The summed E-state index contributed by atoms with van der Waals surface area (Å²) in [7, 11) is 1.86. The number of likely N-dealkylation sites (tertiary alicyclic amines) is 1. The molecule has 0 aliphatic carbocycles. The molecule has 0 spiro atoms. The molecule has 1 aliphatic heterocycles. The molecule has 1 aromatic rings. The van der Waals surface area contributed by atoms with Crippen LogP contribution in [0.3, 0.4) is 0 Å². The summed E-state index contributed by atoms with van der Waals surface area (Å²) in [5, 5.41) is 0. The number of likely N-dealkylation sites (N-methyl/N-ethyl adjacent to an activating group) is 1. The highest BCUT2D eigenvalue weighted by Crippen LogP contribution is 2.18. The molecule has 1 amide bonds. The maximum absolute atomic E-state index is 12.0. The Bertz CT molecular complexity index is 473. The predicted octanol–water partition coefficient (Wildman–Crippen LogP) is 2.56. The van der Waals surface area contributed by atoms with Crippen LogP contribution in [0.5, 0.6) is 0 Å². The summed E-state index contributed by atoms with van der Waals surface area (Å²) in [5.41, 5.74) is 1.77. The maximum Gasteiger partial charge on any atom is 0.249 e. The van der Waals surface area contributed by atoms with E-state index in [2.05, 4.69) is 23.4 Å². The molecule has 0 atom stereocenters. The zero-order chi connectivity index (χ0) is 13.8. The Morgan fingerprint density at radius 1 is 1.47 bits per heavy atom. The number of carbonyl (C=O) groups excluding carboxylic acids is 1. The Morgan fingerprint density at radius 3 is 3.00 bits per heavy atom. The number of carbonyl (C=O) groups is 1. The van der Waals surface area contributed by atoms with Gasteiger partial charge in [0.05, 0.1) is 12.0 Å². The number of hydrogen-bond donors (Lipinski definition) is 0. The van der Waals surface area contributed by atoms with Crippen molar-refractivity contribution in [3.05, 3.63) is 23.8 Å². The van der Waals surface area contributed by atoms with Gasteiger partial charge in [-0.15, -0.1) is 0 Å². The summed E-state index contributed by atoms with van der Waals surface area (Å²) in [6.07, 6.45) is 8.87. The normalized spacial score (nSPS) is 18.6. The van der Waals surface area contributed by atoms with Gasteiger partial charge in [0.1, 0.15) is 0 Å². The van der Waals surface area contributed by atoms with Gasteiger partial charge in [0.2, 0.25) is 5.91 Å². The molecule has 0 aromatic carbocycles. The number of imidazole rings is 1. The Balaban J connectivity index is 2.04. The Morgan fingerprint density at radius 2 is 2.26 bits per heavy atom. The van der Waals surface area contributed by atoms with Gasteiger partial charge in [0, 0.05) is 31.9 Å². The lowest BCUT2D eigenvalue weighted by molar-refractivity contribution is -0.127. The molecule has 19 heavy (non-hydrogen) atoms. The quantitative estimate of drug-likeness (QED) is 0.781. The summed E-state index contributed by atoms with van der Waals surface area (Å²) in [5.74, 6) is 0.834. The summed E-state index contributed by atoms with van der Waals surface area (Å²) in [6.45, 7) is 6.29. The molecule has 1 aliphatic rings. The predicted molar refractivity (Wildman–Crippen MR) is 76.5 cm³/mol. The lowest BCUT2D eigenvalue weighted by Crippen LogP contribution is -2.33. The van der Waals surface area contributed by atoms with Gasteiger partial charge in [0.25, 0.3) is 0 Å². The van der Waals surface area contributed by atoms with E-state index in [0.29, 0.717) is 5.92 Å². The van der Waals surface area contributed by atoms with Crippen LogP contribution in [-0.4, -0.2) is 34.0 Å². The van der Waals surface area contributed by atoms with Crippen LogP contribution in [0.2, 0.25) is 0 Å². The van der Waals surface area contributed by atoms with Crippen LogP contribution >= 0.6 is 0 Å². The van der Waals surface area contributed by atoms with Gasteiger partial charge in [-0.05, 0) is 31.3 Å². The Hall–Kier alpha value is -1.58. The number of rotatable bonds is 4. The first-order chi connectivity index (χ1) is 9.06. The highest BCUT2D eigenvalue weighted by molar-refractivity contribution is 5.98. The Labute approximate surface area is 115 Å². The average molecular weight is 261 g/mol. The van der Waals surface area contributed by atoms with E-state index in [4.69, 9.17) is 0 Å². The second kappa shape index (κ2) is 6.04. The van der Waals surface area contributed by atoms with Gasteiger partial charge in [-0.3, -0.25) is 4.79 Å². The first-order valence-corrected chi connectivity index (χ1v) is 7.04. The minimum atomic E-state index is 0.142. The number of aromatic nitrogens is 2. The first-order valence-electron chi connectivity index (χ1n) is 7.04. The van der Waals surface area contributed by atoms with E-state index in [9.17, 15) is 4.79 Å². The van der Waals surface area contributed by atoms with Gasteiger partial charge in [0.15, 0.2) is 0 Å². The molecule has 1 fully saturated rings. The van der Waals surface area contributed by atoms with Crippen LogP contribution < -0.4 is 0 Å². The van der Waals surface area contributed by atoms with Crippen molar-refractivity contribution in [1.29, 1.82) is 0 Å². The number of hydrogen-bond acceptors (Lipinski definition) is 2. The largest absolute Gasteiger partial charge is 0.342 e. The van der Waals surface area contributed by atoms with Crippen molar-refractivity contribution in [3.8, 4) is 0 Å². The lowest BCUT2D eigenvalue weighted by atomic mass is 10.0. The second-order valence-electron chi connectivity index (χ2n) is 5.72. The minimum absolute atomic E-state index is 0.142. The van der Waals surface area contributed by atoms with Gasteiger partial charge < -0.3 is 9.47 Å². The monoisotopic (exact) mass is 261 g/mol. The standard InChI is InChI=1S/C15H23N3O/c1-12(2)6-8-18-10-14(16-11-18)9-13-5-4-7-17(3)15(13)19/h9-12H,4-8H2,1-3H3/b13-9+. The van der Waals surface area contributed by atoms with Crippen LogP contribution in [-0.2, 0) is 11.3 Å². The molecule has 0 unspecified atom stereocenters. The van der Waals surface area contributed by atoms with E-state index in [0.717, 1.165) is 43.6 Å². The van der Waals surface area contributed by atoms with Crippen molar-refractivity contribution in [2.45, 2.75) is 39.7 Å². The molecule has 1 saturated heterocycles. The van der Waals surface area contributed by atoms with Gasteiger partial charge >= 0.3 is 0 Å². The van der Waals surface area contributed by atoms with Crippen molar-refractivity contribution in [1.82, 2.24) is 14.5 Å². The maximum atomic E-state index is 12.0. The highest BCUT2D eigenvalue weighted by Gasteiger charge is 2.19. The first kappa shape index (κ1) is 13.8. The van der Waals surface area contributed by atoms with E-state index in [1.807, 2.05) is 25.6 Å². The minimum Gasteiger partial charge on any atom is -0.342 e. The Kier molecular flexibility index (Phi) is 4.40. The molecule has 4 heteroatoms. The number of piperidine rings is 1. The molecule has 4 nitrogen and oxygen atoms in total. The van der Waals surface area contributed by atoms with Crippen molar-refractivity contribution in [2.75, 3.05) is 13.6 Å². The van der Waals surface area contributed by atoms with E-state index in [-0.39, 0.29) is 5.91 Å². The molecule has 2 heterocycles. The SMILES string of the molecule is CC(C)CCn1cnc(/C=C2\CCCN(C)C2=O)c1. The zero-order valence-electron chi connectivity index (χ0n) is 12.1. The van der Waals surface area contributed by atoms with Crippen molar-refractivity contribution < 1.29 is 4.79 Å². The smallest absolute Gasteiger partial charge is 0.249 e. The zero-order valence-corrected chi connectivity index (χ0v) is 12.1. The summed E-state index contributed by atoms with van der Waals surface area (Å²) >= 11 is 0. The van der Waals surface area contributed by atoms with Crippen LogP contribution in [0.4, 0.5) is 0 Å². The molecule has 0 bridgehead atoms. The van der Waals surface area contributed by atoms with Gasteiger partial charge in [-0.1, -0.05) is 13.8 Å². The molecule has 0 N–H and O–H groups in total. The fourth-order valence-corrected chi connectivity index (χ4v) is 2.25. The second-order valence-corrected chi connectivity index (χ2v) is 5.72. The van der Waals surface area contributed by atoms with E-state index in [1.54, 1.807) is 4.90 Å². The molecule has 0 saturated carbocycles. The molecule has 0 radical (unpaired) electrons. The van der Waals surface area contributed by atoms with Gasteiger partial charge in [-0.2, -0.15) is 0 Å². The van der Waals surface area contributed by atoms with E-state index < -0.39 is 0 Å². The summed E-state index contributed by atoms with van der Waals surface area (Å²) < 4.78 is 2.10. The summed E-state index contributed by atoms with van der Waals surface area (Å²) in [4.78, 5) is 18.1. The summed E-state index contributed by atoms with van der Waals surface area (Å²) in [6, 6.07) is 0. The van der Waals surface area contributed by atoms with Crippen molar-refractivity contribution >= 4 is 12.0 Å². The van der Waals surface area contributed by atoms with E-state index in [1.165, 1.54) is 0 Å². The number of nitrogens with zero attached hydrogens (tertiary/aromatic N) is 3. The molecular formula is C15H23N3O. The third kappa shape index (κ3) is 3.69. The van der Waals surface area contributed by atoms with Gasteiger partial charge in [-0.25, -0.2) is 4.98 Å².